The number of unbranched alkanes of at least 4 members (excludes halogenated alkanes) is 4. The molecule has 1 fully saturated rings. The van der Waals surface area contributed by atoms with E-state index in [4.69, 9.17) is 9.47 Å². The summed E-state index contributed by atoms with van der Waals surface area (Å²) in [6, 6.07) is 15.9. The van der Waals surface area contributed by atoms with Crippen LogP contribution >= 0.6 is 0 Å². The van der Waals surface area contributed by atoms with Crippen LogP contribution in [0.3, 0.4) is 0 Å². The van der Waals surface area contributed by atoms with Gasteiger partial charge in [0.2, 0.25) is 0 Å². The predicted molar refractivity (Wildman–Crippen MR) is 134 cm³/mol. The van der Waals surface area contributed by atoms with Gasteiger partial charge < -0.3 is 14.8 Å². The van der Waals surface area contributed by atoms with Crippen molar-refractivity contribution in [3.63, 3.8) is 0 Å². The zero-order chi connectivity index (χ0) is 23.3. The first kappa shape index (κ1) is 25.1. The number of nitrogens with zero attached hydrogens (tertiary/aromatic N) is 1. The van der Waals surface area contributed by atoms with Gasteiger partial charge in [0.05, 0.1) is 19.8 Å². The monoisotopic (exact) mass is 452 g/mol. The molecule has 5 heteroatoms. The summed E-state index contributed by atoms with van der Waals surface area (Å²) >= 11 is 0. The lowest BCUT2D eigenvalue weighted by molar-refractivity contribution is 0.0924. The minimum Gasteiger partial charge on any atom is -0.497 e. The van der Waals surface area contributed by atoms with Crippen LogP contribution in [-0.2, 0) is 0 Å². The summed E-state index contributed by atoms with van der Waals surface area (Å²) in [5.74, 6) is 1.63. The van der Waals surface area contributed by atoms with Gasteiger partial charge in [-0.05, 0) is 74.3 Å². The Bertz CT molecular complexity index is 814. The van der Waals surface area contributed by atoms with Gasteiger partial charge in [-0.25, -0.2) is 0 Å². The smallest absolute Gasteiger partial charge is 0.251 e. The zero-order valence-electron chi connectivity index (χ0n) is 20.4. The zero-order valence-corrected chi connectivity index (χ0v) is 20.4. The number of benzene rings is 2. The lowest BCUT2D eigenvalue weighted by atomic mass is 10.0. The van der Waals surface area contributed by atoms with Crippen molar-refractivity contribution in [3.8, 4) is 11.5 Å². The lowest BCUT2D eigenvalue weighted by Crippen LogP contribution is -2.40. The fourth-order valence-electron chi connectivity index (χ4n) is 4.40. The molecule has 1 aliphatic rings. The van der Waals surface area contributed by atoms with E-state index < -0.39 is 0 Å². The van der Waals surface area contributed by atoms with Crippen molar-refractivity contribution >= 4 is 5.91 Å². The Labute approximate surface area is 199 Å². The summed E-state index contributed by atoms with van der Waals surface area (Å²) in [6.45, 7) is 5.67. The van der Waals surface area contributed by atoms with Gasteiger partial charge in [0.15, 0.2) is 0 Å². The molecule has 1 aliphatic heterocycles. The summed E-state index contributed by atoms with van der Waals surface area (Å²) in [6.07, 6.45) is 9.80. The number of methoxy groups -OCH3 is 1. The molecule has 0 bridgehead atoms. The van der Waals surface area contributed by atoms with Crippen molar-refractivity contribution in [2.45, 2.75) is 64.3 Å². The first-order chi connectivity index (χ1) is 16.2. The largest absolute Gasteiger partial charge is 0.497 e. The minimum atomic E-state index is -0.0448. The van der Waals surface area contributed by atoms with Crippen molar-refractivity contribution < 1.29 is 14.3 Å². The van der Waals surface area contributed by atoms with E-state index in [-0.39, 0.29) is 11.9 Å². The minimum absolute atomic E-state index is 0.0448. The molecule has 1 N–H and O–H groups in total. The Morgan fingerprint density at radius 3 is 2.24 bits per heavy atom. The molecule has 1 unspecified atom stereocenters. The molecule has 2 aromatic rings. The fourth-order valence-corrected chi connectivity index (χ4v) is 4.40. The van der Waals surface area contributed by atoms with Crippen molar-refractivity contribution in [1.29, 1.82) is 0 Å². The van der Waals surface area contributed by atoms with E-state index in [0.29, 0.717) is 12.1 Å². The molecule has 1 amide bonds. The number of carbonyl (C=O) groups is 1. The maximum absolute atomic E-state index is 12.8. The summed E-state index contributed by atoms with van der Waals surface area (Å²) in [5.41, 5.74) is 1.87. The van der Waals surface area contributed by atoms with E-state index in [1.165, 1.54) is 50.5 Å². The van der Waals surface area contributed by atoms with Gasteiger partial charge in [-0.1, -0.05) is 51.2 Å². The van der Waals surface area contributed by atoms with Crippen LogP contribution in [0.5, 0.6) is 11.5 Å². The number of hydrogen-bond acceptors (Lipinski definition) is 4. The topological polar surface area (TPSA) is 50.8 Å². The third kappa shape index (κ3) is 8.08. The summed E-state index contributed by atoms with van der Waals surface area (Å²) in [5, 5.41) is 3.16. The molecule has 3 rings (SSSR count). The maximum atomic E-state index is 12.8. The third-order valence-corrected chi connectivity index (χ3v) is 6.42. The quantitative estimate of drug-likeness (QED) is 0.379. The molecular formula is C28H40N2O3. The second-order valence-corrected chi connectivity index (χ2v) is 8.88. The van der Waals surface area contributed by atoms with Gasteiger partial charge >= 0.3 is 0 Å². The Morgan fingerprint density at radius 1 is 0.909 bits per heavy atom. The molecule has 0 aliphatic carbocycles. The van der Waals surface area contributed by atoms with Crippen LogP contribution in [-0.4, -0.2) is 44.2 Å². The maximum Gasteiger partial charge on any atom is 0.251 e. The molecule has 0 saturated carbocycles. The van der Waals surface area contributed by atoms with E-state index >= 15 is 0 Å². The van der Waals surface area contributed by atoms with Crippen molar-refractivity contribution in [3.05, 3.63) is 59.7 Å². The highest BCUT2D eigenvalue weighted by molar-refractivity contribution is 5.94. The Hall–Kier alpha value is -2.53. The number of hydrogen-bond donors (Lipinski definition) is 1. The van der Waals surface area contributed by atoms with Crippen LogP contribution in [0, 0.1) is 0 Å². The molecule has 0 spiro atoms. The second kappa shape index (κ2) is 13.9. The number of rotatable bonds is 13. The predicted octanol–water partition coefficient (Wildman–Crippen LogP) is 6.00. The number of piperidine rings is 1. The molecule has 33 heavy (non-hydrogen) atoms. The number of ether oxygens (including phenoxy) is 2. The van der Waals surface area contributed by atoms with Crippen LogP contribution in [0.15, 0.2) is 48.5 Å². The number of amides is 1. The first-order valence-electron chi connectivity index (χ1n) is 12.6. The second-order valence-electron chi connectivity index (χ2n) is 8.88. The normalized spacial score (nSPS) is 15.1. The van der Waals surface area contributed by atoms with E-state index in [2.05, 4.69) is 29.3 Å². The number of nitrogens with one attached hydrogen (secondary N) is 1. The van der Waals surface area contributed by atoms with E-state index in [9.17, 15) is 4.79 Å². The lowest BCUT2D eigenvalue weighted by Gasteiger charge is -2.35. The van der Waals surface area contributed by atoms with Gasteiger partial charge in [0, 0.05) is 12.1 Å². The third-order valence-electron chi connectivity index (χ3n) is 6.42. The molecular weight excluding hydrogens is 412 g/mol. The van der Waals surface area contributed by atoms with Crippen LogP contribution < -0.4 is 14.8 Å². The van der Waals surface area contributed by atoms with Crippen molar-refractivity contribution in [2.75, 3.05) is 33.4 Å². The van der Waals surface area contributed by atoms with Gasteiger partial charge in [-0.2, -0.15) is 0 Å². The fraction of sp³-hybridized carbons (Fsp3) is 0.536. The highest BCUT2D eigenvalue weighted by Gasteiger charge is 2.23. The summed E-state index contributed by atoms with van der Waals surface area (Å²) in [4.78, 5) is 15.3. The summed E-state index contributed by atoms with van der Waals surface area (Å²) in [7, 11) is 1.68. The van der Waals surface area contributed by atoms with Gasteiger partial charge in [-0.15, -0.1) is 0 Å². The highest BCUT2D eigenvalue weighted by Crippen LogP contribution is 2.26. The van der Waals surface area contributed by atoms with Crippen LogP contribution in [0.1, 0.15) is 80.3 Å². The molecule has 2 aromatic carbocycles. The molecule has 0 radical (unpaired) electrons. The average Bonchev–Trinajstić information content (AvgIpc) is 2.87. The average molecular weight is 453 g/mol. The van der Waals surface area contributed by atoms with Crippen LogP contribution in [0.25, 0.3) is 0 Å². The Morgan fingerprint density at radius 2 is 1.58 bits per heavy atom. The van der Waals surface area contributed by atoms with Crippen molar-refractivity contribution in [2.24, 2.45) is 0 Å². The number of likely N-dealkylation sites (tertiary alicyclic amines) is 1. The van der Waals surface area contributed by atoms with Gasteiger partial charge in [0.25, 0.3) is 5.91 Å². The SMILES string of the molecule is CCCCCCCOc1ccc(C(=O)NCC(c2ccc(OC)cc2)N2CCCCC2)cc1. The van der Waals surface area contributed by atoms with Gasteiger partial charge in [0.1, 0.15) is 11.5 Å². The van der Waals surface area contributed by atoms with Crippen LogP contribution in [0.4, 0.5) is 0 Å². The number of carbonyl (C=O) groups excluding carboxylic acids is 1. The van der Waals surface area contributed by atoms with E-state index in [1.807, 2.05) is 36.4 Å². The molecule has 1 heterocycles. The standard InChI is InChI=1S/C28H40N2O3/c1-3-4-5-6-10-21-33-26-17-13-24(14-18-26)28(31)29-22-27(30-19-8-7-9-20-30)23-11-15-25(32-2)16-12-23/h11-18,27H,3-10,19-22H2,1-2H3,(H,29,31). The van der Waals surface area contributed by atoms with Gasteiger partial charge in [-0.3, -0.25) is 9.69 Å². The molecule has 1 saturated heterocycles. The molecule has 0 aromatic heterocycles. The first-order valence-corrected chi connectivity index (χ1v) is 12.6. The Balaban J connectivity index is 1.53. The van der Waals surface area contributed by atoms with Crippen LogP contribution in [0.2, 0.25) is 0 Å². The Kier molecular flexibility index (Phi) is 10.6. The highest BCUT2D eigenvalue weighted by atomic mass is 16.5. The molecule has 5 nitrogen and oxygen atoms in total. The molecule has 1 atom stereocenters. The van der Waals surface area contributed by atoms with E-state index in [1.54, 1.807) is 7.11 Å². The van der Waals surface area contributed by atoms with Crippen molar-refractivity contribution in [1.82, 2.24) is 10.2 Å². The van der Waals surface area contributed by atoms with E-state index in [0.717, 1.165) is 37.6 Å². The molecule has 180 valence electrons. The summed E-state index contributed by atoms with van der Waals surface area (Å²) < 4.78 is 11.1.